The lowest BCUT2D eigenvalue weighted by atomic mass is 9.86. The summed E-state index contributed by atoms with van der Waals surface area (Å²) in [5.41, 5.74) is 33.3. The highest BCUT2D eigenvalue weighted by atomic mass is 16.3. The normalized spacial score (nSPS) is 11.9. The number of rotatable bonds is 10. The van der Waals surface area contributed by atoms with Gasteiger partial charge in [0.25, 0.3) is 0 Å². The molecule has 0 fully saturated rings. The minimum absolute atomic E-state index is 0.915. The van der Waals surface area contributed by atoms with Crippen LogP contribution in [0.4, 0.5) is 0 Å². The minimum Gasteiger partial charge on any atom is -0.456 e. The number of furan rings is 3. The molecule has 31 rings (SSSR count). The van der Waals surface area contributed by atoms with Gasteiger partial charge in [0.2, 0.25) is 0 Å². The molecule has 0 aliphatic heterocycles. The maximum atomic E-state index is 6.14. The highest BCUT2D eigenvalue weighted by Crippen LogP contribution is 2.50. The smallest absolute Gasteiger partial charge is 0.135 e. The fraction of sp³-hybridized carbons (Fsp3) is 0. The topological polar surface area (TPSA) is 54.2 Å². The second-order valence-electron chi connectivity index (χ2n) is 37.9. The van der Waals surface area contributed by atoms with Crippen molar-refractivity contribution in [1.82, 2.24) is 13.7 Å². The molecule has 6 heteroatoms. The molecule has 670 valence electrons. The Morgan fingerprint density at radius 2 is 0.368 bits per heavy atom. The molecular weight excluding hydrogens is 1750 g/mol. The molecule has 0 amide bonds. The molecule has 0 N–H and O–H groups in total. The van der Waals surface area contributed by atoms with Crippen LogP contribution in [0.2, 0.25) is 0 Å². The molecule has 144 heavy (non-hydrogen) atoms. The molecule has 6 heterocycles. The summed E-state index contributed by atoms with van der Waals surface area (Å²) in [6, 6.07) is 186. The molecule has 0 saturated carbocycles. The van der Waals surface area contributed by atoms with E-state index >= 15 is 0 Å². The summed E-state index contributed by atoms with van der Waals surface area (Å²) in [6.07, 6.45) is 0. The van der Waals surface area contributed by atoms with E-state index in [0.29, 0.717) is 0 Å². The van der Waals surface area contributed by atoms with Crippen molar-refractivity contribution >= 4 is 196 Å². The summed E-state index contributed by atoms with van der Waals surface area (Å²) >= 11 is 0. The summed E-state index contributed by atoms with van der Waals surface area (Å²) in [7, 11) is 0. The van der Waals surface area contributed by atoms with Crippen molar-refractivity contribution < 1.29 is 13.3 Å². The van der Waals surface area contributed by atoms with E-state index in [1.54, 1.807) is 0 Å². The molecule has 0 spiro atoms. The Bertz CT molecular complexity index is 10500. The van der Waals surface area contributed by atoms with Crippen molar-refractivity contribution in [3.63, 3.8) is 0 Å². The standard InChI is InChI=1S/C50H31NO.2C44H27NO/c1-2-13-32(14-3-1)49-39-19-4-6-21-41(39)50(42-22-7-5-20-40(42)49)35-15-12-16-36(29-35)51-45-23-10-8-17-37(45)43-30-33(25-27-46(43)51)34-26-28-48-44(31-34)38-18-9-11-24-47(38)52-48;1-3-11-34-31(9-1)25-32-10-2-4-12-35(32)44(34)28-17-21-33(22-18-28)45-40-15-7-5-13-36(40)38-26-29(19-23-41(38)45)30-20-24-43-39(27-30)37-14-6-8-16-42(37)46-43;1-2-12-28(13-3-1)43-33-16-4-6-18-35(33)44(36-19-7-5-17-34(36)43)45-39-20-10-8-14-31(39)37-26-29(22-24-40(37)45)30-23-25-42-38(27-30)32-15-9-11-21-41(32)46-42/h1-31H;2*1-27H. The van der Waals surface area contributed by atoms with Gasteiger partial charge in [0.05, 0.1) is 38.8 Å². The maximum Gasteiger partial charge on any atom is 0.135 e. The number of nitrogens with zero attached hydrogens (tertiary/aromatic N) is 3. The Hall–Kier alpha value is -19.1. The number of para-hydroxylation sites is 6. The summed E-state index contributed by atoms with van der Waals surface area (Å²) in [5.74, 6) is 0. The second-order valence-corrected chi connectivity index (χ2v) is 37.9. The molecule has 0 aliphatic rings. The molecule has 31 aromatic rings. The van der Waals surface area contributed by atoms with E-state index < -0.39 is 0 Å². The largest absolute Gasteiger partial charge is 0.456 e. The van der Waals surface area contributed by atoms with E-state index in [9.17, 15) is 0 Å². The number of hydrogen-bond acceptors (Lipinski definition) is 3. The van der Waals surface area contributed by atoms with Crippen molar-refractivity contribution in [3.05, 3.63) is 516 Å². The Balaban J connectivity index is 0.000000103. The first-order valence-corrected chi connectivity index (χ1v) is 49.4. The van der Waals surface area contributed by atoms with Crippen LogP contribution in [-0.4, -0.2) is 13.7 Å². The number of benzene rings is 25. The molecule has 0 aliphatic carbocycles. The Kier molecular flexibility index (Phi) is 19.0. The second kappa shape index (κ2) is 33.3. The highest BCUT2D eigenvalue weighted by molar-refractivity contribution is 6.25. The predicted octanol–water partition coefficient (Wildman–Crippen LogP) is 38.6. The molecule has 6 aromatic heterocycles. The molecule has 0 radical (unpaired) electrons. The Morgan fingerprint density at radius 3 is 0.764 bits per heavy atom. The van der Waals surface area contributed by atoms with Crippen molar-refractivity contribution in [2.75, 3.05) is 0 Å². The van der Waals surface area contributed by atoms with Crippen molar-refractivity contribution in [1.29, 1.82) is 0 Å². The molecule has 0 bridgehead atoms. The summed E-state index contributed by atoms with van der Waals surface area (Å²) in [6.45, 7) is 0. The van der Waals surface area contributed by atoms with Crippen LogP contribution >= 0.6 is 0 Å². The van der Waals surface area contributed by atoms with Crippen LogP contribution in [0.5, 0.6) is 0 Å². The van der Waals surface area contributed by atoms with Gasteiger partial charge in [-0.25, -0.2) is 0 Å². The third kappa shape index (κ3) is 13.3. The molecule has 0 atom stereocenters. The van der Waals surface area contributed by atoms with Gasteiger partial charge in [-0.1, -0.05) is 376 Å². The van der Waals surface area contributed by atoms with Crippen LogP contribution in [0.25, 0.3) is 291 Å². The van der Waals surface area contributed by atoms with E-state index in [-0.39, 0.29) is 0 Å². The van der Waals surface area contributed by atoms with Gasteiger partial charge in [-0.05, 0) is 271 Å². The van der Waals surface area contributed by atoms with Gasteiger partial charge >= 0.3 is 0 Å². The van der Waals surface area contributed by atoms with Gasteiger partial charge in [0.1, 0.15) is 33.5 Å². The lowest BCUT2D eigenvalue weighted by molar-refractivity contribution is 0.668. The number of fused-ring (bicyclic) bond motifs is 24. The van der Waals surface area contributed by atoms with E-state index in [0.717, 1.165) is 77.2 Å². The van der Waals surface area contributed by atoms with Crippen LogP contribution in [0, 0.1) is 0 Å². The van der Waals surface area contributed by atoms with Gasteiger partial charge in [-0.3, -0.25) is 0 Å². The number of hydrogen-bond donors (Lipinski definition) is 0. The molecule has 6 nitrogen and oxygen atoms in total. The zero-order valence-corrected chi connectivity index (χ0v) is 78.1. The monoisotopic (exact) mass is 1830 g/mol. The Morgan fingerprint density at radius 1 is 0.118 bits per heavy atom. The van der Waals surface area contributed by atoms with Crippen molar-refractivity contribution in [2.45, 2.75) is 0 Å². The minimum atomic E-state index is 0.915. The predicted molar refractivity (Wildman–Crippen MR) is 607 cm³/mol. The quantitative estimate of drug-likeness (QED) is 0.128. The fourth-order valence-corrected chi connectivity index (χ4v) is 23.5. The lowest BCUT2D eigenvalue weighted by Gasteiger charge is -2.19. The van der Waals surface area contributed by atoms with E-state index in [1.165, 1.54) is 214 Å². The van der Waals surface area contributed by atoms with Crippen LogP contribution < -0.4 is 0 Å². The van der Waals surface area contributed by atoms with E-state index in [4.69, 9.17) is 13.3 Å². The van der Waals surface area contributed by atoms with Crippen molar-refractivity contribution in [2.24, 2.45) is 0 Å². The van der Waals surface area contributed by atoms with Gasteiger partial charge in [0.15, 0.2) is 0 Å². The summed E-state index contributed by atoms with van der Waals surface area (Å²) in [5, 5.41) is 29.4. The summed E-state index contributed by atoms with van der Waals surface area (Å²) in [4.78, 5) is 0. The molecule has 25 aromatic carbocycles. The first-order chi connectivity index (χ1) is 71.4. The molecular formula is C138H85N3O3. The van der Waals surface area contributed by atoms with E-state index in [2.05, 4.69) is 493 Å². The van der Waals surface area contributed by atoms with Crippen LogP contribution in [0.1, 0.15) is 0 Å². The number of aromatic nitrogens is 3. The van der Waals surface area contributed by atoms with Crippen molar-refractivity contribution in [3.8, 4) is 95.0 Å². The fourth-order valence-electron chi connectivity index (χ4n) is 23.5. The molecule has 0 unspecified atom stereocenters. The van der Waals surface area contributed by atoms with Crippen LogP contribution in [0.15, 0.2) is 529 Å². The van der Waals surface area contributed by atoms with Gasteiger partial charge < -0.3 is 27.0 Å². The Labute approximate surface area is 827 Å². The SMILES string of the molecule is c1ccc(-c2c3ccccc3c(-c3cccc(-n4c5ccccc5c5cc(-c6ccc7oc8ccccc8c7c6)ccc54)c3)c3ccccc23)cc1.c1ccc(-c2c3ccccc3c(-n3c4ccccc4c4cc(-c5ccc6oc7ccccc7c6c5)ccc43)c3ccccc23)cc1.c1ccc2c(-c3ccc(-n4c5ccccc5c5cc(-c6ccc7oc8ccccc8c7c6)ccc54)cc3)c3ccccc3cc2c1. The van der Waals surface area contributed by atoms with Gasteiger partial charge in [-0.15, -0.1) is 0 Å². The van der Waals surface area contributed by atoms with Crippen LogP contribution in [0.3, 0.4) is 0 Å². The first kappa shape index (κ1) is 82.0. The third-order valence-electron chi connectivity index (χ3n) is 29.9. The van der Waals surface area contributed by atoms with Gasteiger partial charge in [-0.2, -0.15) is 0 Å². The zero-order chi connectivity index (χ0) is 94.6. The summed E-state index contributed by atoms with van der Waals surface area (Å²) < 4.78 is 25.7. The lowest BCUT2D eigenvalue weighted by Crippen LogP contribution is -1.99. The average Bonchev–Trinajstić information content (AvgIpc) is 1.59. The van der Waals surface area contributed by atoms with Gasteiger partial charge in [0, 0.05) is 86.8 Å². The first-order valence-electron chi connectivity index (χ1n) is 49.4. The zero-order valence-electron chi connectivity index (χ0n) is 78.1. The average molecular weight is 1830 g/mol. The molecule has 0 saturated heterocycles. The maximum absolute atomic E-state index is 6.14. The third-order valence-corrected chi connectivity index (χ3v) is 29.9. The van der Waals surface area contributed by atoms with E-state index in [1.807, 2.05) is 36.4 Å². The van der Waals surface area contributed by atoms with Crippen LogP contribution in [-0.2, 0) is 0 Å². The highest BCUT2D eigenvalue weighted by Gasteiger charge is 2.26.